The van der Waals surface area contributed by atoms with Crippen LogP contribution in [-0.4, -0.2) is 31.0 Å². The zero-order valence-electron chi connectivity index (χ0n) is 15.7. The van der Waals surface area contributed by atoms with Crippen LogP contribution in [0, 0.1) is 5.92 Å². The van der Waals surface area contributed by atoms with Gasteiger partial charge in [0, 0.05) is 11.3 Å². The highest BCUT2D eigenvalue weighted by atomic mass is 32.1. The average molecular weight is 399 g/mol. The maximum atomic E-state index is 13.2. The van der Waals surface area contributed by atoms with Crippen molar-refractivity contribution < 1.29 is 19.0 Å². The van der Waals surface area contributed by atoms with Crippen molar-refractivity contribution in [2.75, 3.05) is 19.5 Å². The average Bonchev–Trinajstić information content (AvgIpc) is 2.67. The Morgan fingerprint density at radius 1 is 1.18 bits per heavy atom. The fourth-order valence-corrected chi connectivity index (χ4v) is 4.11. The van der Waals surface area contributed by atoms with E-state index in [0.717, 1.165) is 11.3 Å². The van der Waals surface area contributed by atoms with E-state index in [4.69, 9.17) is 26.4 Å². The van der Waals surface area contributed by atoms with E-state index in [2.05, 4.69) is 16.0 Å². The minimum absolute atomic E-state index is 0.186. The molecule has 2 aromatic rings. The second-order valence-corrected chi connectivity index (χ2v) is 7.27. The topological polar surface area (TPSA) is 80.9 Å². The summed E-state index contributed by atoms with van der Waals surface area (Å²) in [6.45, 7) is 1.82. The molecule has 2 heterocycles. The number of rotatable bonds is 4. The predicted molar refractivity (Wildman–Crippen MR) is 109 cm³/mol. The van der Waals surface area contributed by atoms with E-state index in [-0.39, 0.29) is 11.9 Å². The van der Waals surface area contributed by atoms with Crippen molar-refractivity contribution in [3.05, 3.63) is 48.0 Å². The van der Waals surface area contributed by atoms with E-state index < -0.39 is 11.6 Å². The van der Waals surface area contributed by atoms with Crippen LogP contribution in [0.5, 0.6) is 17.2 Å². The number of ether oxygens (including phenoxy) is 3. The number of nitrogens with one attached hydrogen (secondary N) is 3. The Labute approximate surface area is 168 Å². The number of carbonyl (C=O) groups excluding carboxylic acids is 1. The van der Waals surface area contributed by atoms with Crippen LogP contribution in [0.15, 0.2) is 42.5 Å². The van der Waals surface area contributed by atoms with Crippen LogP contribution in [0.4, 0.5) is 5.69 Å². The largest absolute Gasteiger partial charge is 0.497 e. The quantitative estimate of drug-likeness (QED) is 0.682. The van der Waals surface area contributed by atoms with Gasteiger partial charge in [-0.3, -0.25) is 4.79 Å². The van der Waals surface area contributed by atoms with E-state index in [1.54, 1.807) is 38.5 Å². The number of amides is 1. The predicted octanol–water partition coefficient (Wildman–Crippen LogP) is 2.59. The Kier molecular flexibility index (Phi) is 4.50. The van der Waals surface area contributed by atoms with Crippen LogP contribution in [0.2, 0.25) is 0 Å². The van der Waals surface area contributed by atoms with Crippen molar-refractivity contribution in [2.24, 2.45) is 5.92 Å². The third-order valence-corrected chi connectivity index (χ3v) is 5.31. The van der Waals surface area contributed by atoms with E-state index in [1.807, 2.05) is 25.1 Å². The summed E-state index contributed by atoms with van der Waals surface area (Å²) < 4.78 is 16.8. The molecule has 2 bridgehead atoms. The third-order valence-electron chi connectivity index (χ3n) is 5.09. The Morgan fingerprint density at radius 3 is 2.61 bits per heavy atom. The molecule has 0 spiro atoms. The summed E-state index contributed by atoms with van der Waals surface area (Å²) in [5.41, 5.74) is 0.479. The lowest BCUT2D eigenvalue weighted by Crippen LogP contribution is -2.70. The summed E-state index contributed by atoms with van der Waals surface area (Å²) in [7, 11) is 3.19. The monoisotopic (exact) mass is 399 g/mol. The molecule has 4 rings (SSSR count). The zero-order valence-corrected chi connectivity index (χ0v) is 16.6. The van der Waals surface area contributed by atoms with E-state index in [1.165, 1.54) is 0 Å². The molecule has 0 radical (unpaired) electrons. The molecule has 3 N–H and O–H groups in total. The lowest BCUT2D eigenvalue weighted by molar-refractivity contribution is -0.132. The van der Waals surface area contributed by atoms with Gasteiger partial charge in [0.05, 0.1) is 20.3 Å². The fourth-order valence-electron chi connectivity index (χ4n) is 3.78. The van der Waals surface area contributed by atoms with Gasteiger partial charge in [0.2, 0.25) is 5.91 Å². The summed E-state index contributed by atoms with van der Waals surface area (Å²) in [5, 5.41) is 9.73. The number of para-hydroxylation sites is 1. The van der Waals surface area contributed by atoms with Gasteiger partial charge in [-0.15, -0.1) is 0 Å². The zero-order chi connectivity index (χ0) is 19.9. The molecule has 1 amide bonds. The summed E-state index contributed by atoms with van der Waals surface area (Å²) in [6, 6.07) is 12.4. The number of thiocarbonyl (C=S) groups is 1. The van der Waals surface area contributed by atoms with Crippen molar-refractivity contribution in [2.45, 2.75) is 18.7 Å². The van der Waals surface area contributed by atoms with Crippen LogP contribution in [0.1, 0.15) is 18.5 Å². The molecule has 0 unspecified atom stereocenters. The summed E-state index contributed by atoms with van der Waals surface area (Å²) >= 11 is 5.34. The first-order valence-corrected chi connectivity index (χ1v) is 9.25. The highest BCUT2D eigenvalue weighted by molar-refractivity contribution is 7.80. The minimum Gasteiger partial charge on any atom is -0.497 e. The number of methoxy groups -OCH3 is 2. The SMILES string of the molecule is COc1ccc(NC(=O)[C@H]2[C@@H]3NC(=S)N[C@]2(C)Oc2c(OC)cccc23)cc1. The maximum Gasteiger partial charge on any atom is 0.236 e. The molecule has 3 atom stereocenters. The van der Waals surface area contributed by atoms with Crippen molar-refractivity contribution >= 4 is 28.9 Å². The Bertz CT molecular complexity index is 934. The van der Waals surface area contributed by atoms with E-state index in [0.29, 0.717) is 22.3 Å². The lowest BCUT2D eigenvalue weighted by atomic mass is 9.79. The highest BCUT2D eigenvalue weighted by Gasteiger charge is 2.55. The van der Waals surface area contributed by atoms with Crippen LogP contribution in [0.3, 0.4) is 0 Å². The van der Waals surface area contributed by atoms with Crippen molar-refractivity contribution in [1.29, 1.82) is 0 Å². The first-order chi connectivity index (χ1) is 13.4. The normalized spacial score (nSPS) is 24.8. The molecular formula is C20H21N3O4S. The number of benzene rings is 2. The smallest absolute Gasteiger partial charge is 0.236 e. The second-order valence-electron chi connectivity index (χ2n) is 6.86. The van der Waals surface area contributed by atoms with Gasteiger partial charge in [-0.25, -0.2) is 0 Å². The van der Waals surface area contributed by atoms with E-state index in [9.17, 15) is 4.79 Å². The third kappa shape index (κ3) is 2.99. The van der Waals surface area contributed by atoms with Gasteiger partial charge in [0.15, 0.2) is 22.3 Å². The first-order valence-electron chi connectivity index (χ1n) is 8.84. The van der Waals surface area contributed by atoms with E-state index >= 15 is 0 Å². The number of fused-ring (bicyclic) bond motifs is 4. The van der Waals surface area contributed by atoms with Gasteiger partial charge in [0.25, 0.3) is 0 Å². The molecule has 146 valence electrons. The fraction of sp³-hybridized carbons (Fsp3) is 0.300. The molecule has 0 aromatic heterocycles. The number of hydrogen-bond donors (Lipinski definition) is 3. The van der Waals surface area contributed by atoms with Crippen molar-refractivity contribution in [3.8, 4) is 17.2 Å². The molecular weight excluding hydrogens is 378 g/mol. The van der Waals surface area contributed by atoms with Gasteiger partial charge in [-0.05, 0) is 49.5 Å². The molecule has 1 fully saturated rings. The first kappa shape index (κ1) is 18.4. The number of hydrogen-bond acceptors (Lipinski definition) is 5. The van der Waals surface area contributed by atoms with Gasteiger partial charge in [-0.2, -0.15) is 0 Å². The van der Waals surface area contributed by atoms with Gasteiger partial charge < -0.3 is 30.2 Å². The second kappa shape index (κ2) is 6.87. The highest BCUT2D eigenvalue weighted by Crippen LogP contribution is 2.48. The summed E-state index contributed by atoms with van der Waals surface area (Å²) in [4.78, 5) is 13.2. The number of carbonyl (C=O) groups is 1. The molecule has 0 aliphatic carbocycles. The Hall–Kier alpha value is -3.00. The molecule has 7 nitrogen and oxygen atoms in total. The van der Waals surface area contributed by atoms with Crippen LogP contribution in [0.25, 0.3) is 0 Å². The molecule has 1 saturated heterocycles. The Morgan fingerprint density at radius 2 is 1.93 bits per heavy atom. The molecule has 0 saturated carbocycles. The molecule has 2 aliphatic rings. The van der Waals surface area contributed by atoms with Crippen LogP contribution in [-0.2, 0) is 4.79 Å². The lowest BCUT2D eigenvalue weighted by Gasteiger charge is -2.50. The van der Waals surface area contributed by atoms with Crippen LogP contribution >= 0.6 is 12.2 Å². The minimum atomic E-state index is -1.02. The van der Waals surface area contributed by atoms with Crippen molar-refractivity contribution in [3.63, 3.8) is 0 Å². The summed E-state index contributed by atoms with van der Waals surface area (Å²) in [6.07, 6.45) is 0. The molecule has 2 aromatic carbocycles. The Balaban J connectivity index is 1.69. The van der Waals surface area contributed by atoms with Gasteiger partial charge >= 0.3 is 0 Å². The van der Waals surface area contributed by atoms with Crippen LogP contribution < -0.4 is 30.2 Å². The number of anilines is 1. The molecule has 2 aliphatic heterocycles. The molecule has 8 heteroatoms. The van der Waals surface area contributed by atoms with Crippen molar-refractivity contribution in [1.82, 2.24) is 10.6 Å². The van der Waals surface area contributed by atoms with Gasteiger partial charge in [0.1, 0.15) is 11.7 Å². The molecule has 28 heavy (non-hydrogen) atoms. The van der Waals surface area contributed by atoms with Gasteiger partial charge in [-0.1, -0.05) is 12.1 Å². The standard InChI is InChI=1S/C20H21N3O4S/c1-20-15(18(24)21-11-7-9-12(25-2)10-8-11)16(22-19(28)23-20)13-5-4-6-14(26-3)17(13)27-20/h4-10,15-16H,1-3H3,(H,21,24)(H2,22,23,28)/t15-,16-,20-/m1/s1. The summed E-state index contributed by atoms with van der Waals surface area (Å²) in [5.74, 6) is 1.18. The maximum absolute atomic E-state index is 13.2.